The van der Waals surface area contributed by atoms with Gasteiger partial charge in [-0.05, 0) is 28.7 Å². The van der Waals surface area contributed by atoms with Gasteiger partial charge in [-0.25, -0.2) is 13.8 Å². The Morgan fingerprint density at radius 2 is 2.25 bits per heavy atom. The van der Waals surface area contributed by atoms with Gasteiger partial charge >= 0.3 is 0 Å². The van der Waals surface area contributed by atoms with Gasteiger partial charge in [0.25, 0.3) is 6.43 Å². The molecule has 2 nitrogen and oxygen atoms in total. The molecule has 0 unspecified atom stereocenters. The number of halogens is 3. The topological polar surface area (TPSA) is 30.0 Å². The number of nitrogens with zero attached hydrogens (tertiary/aromatic N) is 1. The van der Waals surface area contributed by atoms with E-state index >= 15 is 0 Å². The monoisotopic (exact) mass is 283 g/mol. The number of pyridine rings is 1. The Morgan fingerprint density at radius 1 is 1.58 bits per heavy atom. The Balaban J connectivity index is 3.29. The fourth-order valence-corrected chi connectivity index (χ4v) is 1.49. The molecule has 1 aromatic heterocycles. The van der Waals surface area contributed by atoms with E-state index in [2.05, 4.69) is 4.98 Å². The minimum Gasteiger partial charge on any atom is -0.298 e. The summed E-state index contributed by atoms with van der Waals surface area (Å²) < 4.78 is 24.7. The molecule has 0 saturated carbocycles. The third-order valence-corrected chi connectivity index (χ3v) is 2.18. The highest BCUT2D eigenvalue weighted by Crippen LogP contribution is 2.25. The molecule has 5 heteroatoms. The lowest BCUT2D eigenvalue weighted by atomic mass is 10.2. The minimum absolute atomic E-state index is 0.00407. The van der Waals surface area contributed by atoms with Crippen LogP contribution in [-0.2, 0) is 0 Å². The predicted octanol–water partition coefficient (Wildman–Crippen LogP) is 2.44. The quantitative estimate of drug-likeness (QED) is 0.474. The normalized spacial score (nSPS) is 10.3. The molecule has 1 aromatic rings. The van der Waals surface area contributed by atoms with Gasteiger partial charge in [0.2, 0.25) is 0 Å². The Kier molecular flexibility index (Phi) is 3.07. The summed E-state index contributed by atoms with van der Waals surface area (Å²) in [6, 6.07) is 1.27. The van der Waals surface area contributed by atoms with Crippen molar-refractivity contribution in [3.63, 3.8) is 0 Å². The lowest BCUT2D eigenvalue weighted by molar-refractivity contribution is 0.110. The molecule has 0 radical (unpaired) electrons. The molecule has 1 rings (SSSR count). The maximum atomic E-state index is 12.3. The van der Waals surface area contributed by atoms with E-state index in [1.165, 1.54) is 12.3 Å². The molecule has 0 aliphatic rings. The van der Waals surface area contributed by atoms with Crippen molar-refractivity contribution >= 4 is 28.9 Å². The maximum absolute atomic E-state index is 12.3. The first kappa shape index (κ1) is 9.50. The van der Waals surface area contributed by atoms with Crippen LogP contribution < -0.4 is 0 Å². The number of hydrogen-bond donors (Lipinski definition) is 0. The second-order valence-corrected chi connectivity index (χ2v) is 3.05. The van der Waals surface area contributed by atoms with Crippen LogP contribution in [0.3, 0.4) is 0 Å². The maximum Gasteiger partial charge on any atom is 0.267 e. The molecule has 0 aliphatic heterocycles. The van der Waals surface area contributed by atoms with E-state index in [-0.39, 0.29) is 14.8 Å². The zero-order chi connectivity index (χ0) is 9.14. The van der Waals surface area contributed by atoms with Crippen LogP contribution in [0.2, 0.25) is 0 Å². The van der Waals surface area contributed by atoms with E-state index in [0.717, 1.165) is 0 Å². The number of alkyl halides is 2. The Morgan fingerprint density at radius 3 is 2.67 bits per heavy atom. The highest BCUT2D eigenvalue weighted by molar-refractivity contribution is 14.1. The molecule has 0 saturated heterocycles. The van der Waals surface area contributed by atoms with Crippen molar-refractivity contribution in [1.82, 2.24) is 4.98 Å². The summed E-state index contributed by atoms with van der Waals surface area (Å²) in [5, 5.41) is 0. The van der Waals surface area contributed by atoms with Crippen molar-refractivity contribution in [2.24, 2.45) is 0 Å². The van der Waals surface area contributed by atoms with Crippen LogP contribution in [0.5, 0.6) is 0 Å². The van der Waals surface area contributed by atoms with Crippen LogP contribution in [0, 0.1) is 3.70 Å². The molecule has 0 spiro atoms. The molecule has 12 heavy (non-hydrogen) atoms. The van der Waals surface area contributed by atoms with Crippen LogP contribution in [0.4, 0.5) is 8.78 Å². The van der Waals surface area contributed by atoms with Gasteiger partial charge in [0.1, 0.15) is 3.70 Å². The summed E-state index contributed by atoms with van der Waals surface area (Å²) in [6.45, 7) is 0. The Labute approximate surface area is 81.1 Å². The van der Waals surface area contributed by atoms with Gasteiger partial charge in [-0.15, -0.1) is 0 Å². The zero-order valence-corrected chi connectivity index (χ0v) is 7.96. The third-order valence-electron chi connectivity index (χ3n) is 1.32. The zero-order valence-electron chi connectivity index (χ0n) is 5.80. The third kappa shape index (κ3) is 1.77. The highest BCUT2D eigenvalue weighted by atomic mass is 127. The number of aromatic nitrogens is 1. The fraction of sp³-hybridized carbons (Fsp3) is 0.143. The van der Waals surface area contributed by atoms with E-state index in [9.17, 15) is 13.6 Å². The van der Waals surface area contributed by atoms with Gasteiger partial charge < -0.3 is 0 Å². The second-order valence-electron chi connectivity index (χ2n) is 2.02. The van der Waals surface area contributed by atoms with Gasteiger partial charge in [0.15, 0.2) is 6.29 Å². The standard InChI is InChI=1S/C7H4F2INO/c8-6(9)5-4(3-12)1-2-11-7(5)10/h1-3,6H. The SMILES string of the molecule is O=Cc1ccnc(I)c1C(F)F. The fourth-order valence-electron chi connectivity index (χ4n) is 0.780. The summed E-state index contributed by atoms with van der Waals surface area (Å²) in [7, 11) is 0. The number of aldehydes is 1. The molecular weight excluding hydrogens is 279 g/mol. The average molecular weight is 283 g/mol. The van der Waals surface area contributed by atoms with Gasteiger partial charge in [0, 0.05) is 11.8 Å². The molecule has 1 heterocycles. The van der Waals surface area contributed by atoms with Crippen LogP contribution in [0.1, 0.15) is 22.3 Å². The van der Waals surface area contributed by atoms with Crippen molar-refractivity contribution in [3.05, 3.63) is 27.1 Å². The van der Waals surface area contributed by atoms with E-state index in [0.29, 0.717) is 6.29 Å². The van der Waals surface area contributed by atoms with Crippen molar-refractivity contribution in [1.29, 1.82) is 0 Å². The molecule has 0 aliphatic carbocycles. The largest absolute Gasteiger partial charge is 0.298 e. The Hall–Kier alpha value is -0.590. The average Bonchev–Trinajstić information content (AvgIpc) is 2.03. The van der Waals surface area contributed by atoms with Crippen molar-refractivity contribution in [2.75, 3.05) is 0 Å². The molecule has 0 N–H and O–H groups in total. The van der Waals surface area contributed by atoms with Crippen LogP contribution in [-0.4, -0.2) is 11.3 Å². The highest BCUT2D eigenvalue weighted by Gasteiger charge is 2.16. The van der Waals surface area contributed by atoms with E-state index in [4.69, 9.17) is 0 Å². The second kappa shape index (κ2) is 3.88. The lowest BCUT2D eigenvalue weighted by Gasteiger charge is -2.03. The first-order valence-electron chi connectivity index (χ1n) is 3.04. The molecular formula is C7H4F2INO. The van der Waals surface area contributed by atoms with Gasteiger partial charge in [0.05, 0.1) is 5.56 Å². The summed E-state index contributed by atoms with van der Waals surface area (Å²) >= 11 is 1.67. The summed E-state index contributed by atoms with van der Waals surface area (Å²) in [6.07, 6.45) is -0.909. The van der Waals surface area contributed by atoms with Crippen molar-refractivity contribution < 1.29 is 13.6 Å². The van der Waals surface area contributed by atoms with Crippen molar-refractivity contribution in [2.45, 2.75) is 6.43 Å². The van der Waals surface area contributed by atoms with Gasteiger partial charge in [-0.1, -0.05) is 0 Å². The van der Waals surface area contributed by atoms with Crippen LogP contribution >= 0.6 is 22.6 Å². The number of carbonyl (C=O) groups is 1. The summed E-state index contributed by atoms with van der Waals surface area (Å²) in [5.74, 6) is 0. The van der Waals surface area contributed by atoms with Gasteiger partial charge in [-0.2, -0.15) is 0 Å². The first-order chi connectivity index (χ1) is 5.66. The smallest absolute Gasteiger partial charge is 0.267 e. The summed E-state index contributed by atoms with van der Waals surface area (Å²) in [5.41, 5.74) is -0.280. The number of hydrogen-bond acceptors (Lipinski definition) is 2. The first-order valence-corrected chi connectivity index (χ1v) is 4.12. The van der Waals surface area contributed by atoms with E-state index in [1.807, 2.05) is 0 Å². The molecule has 0 amide bonds. The number of rotatable bonds is 2. The van der Waals surface area contributed by atoms with E-state index in [1.54, 1.807) is 22.6 Å². The van der Waals surface area contributed by atoms with Crippen molar-refractivity contribution in [3.8, 4) is 0 Å². The molecule has 0 aromatic carbocycles. The van der Waals surface area contributed by atoms with Crippen LogP contribution in [0.15, 0.2) is 12.3 Å². The predicted molar refractivity (Wildman–Crippen MR) is 47.3 cm³/mol. The van der Waals surface area contributed by atoms with E-state index < -0.39 is 6.43 Å². The van der Waals surface area contributed by atoms with Gasteiger partial charge in [-0.3, -0.25) is 4.79 Å². The van der Waals surface area contributed by atoms with Crippen LogP contribution in [0.25, 0.3) is 0 Å². The lowest BCUT2D eigenvalue weighted by Crippen LogP contribution is -1.98. The number of carbonyl (C=O) groups excluding carboxylic acids is 1. The molecule has 0 fully saturated rings. The Bertz CT molecular complexity index is 303. The molecule has 0 bridgehead atoms. The molecule has 64 valence electrons. The summed E-state index contributed by atoms with van der Waals surface area (Å²) in [4.78, 5) is 14.0. The molecule has 0 atom stereocenters. The minimum atomic E-state index is -2.65.